The molecule has 1 aromatic carbocycles. The van der Waals surface area contributed by atoms with E-state index in [0.717, 1.165) is 16.7 Å². The van der Waals surface area contributed by atoms with Crippen molar-refractivity contribution in [1.82, 2.24) is 10.2 Å². The fourth-order valence-electron chi connectivity index (χ4n) is 2.27. The van der Waals surface area contributed by atoms with Crippen LogP contribution in [0.3, 0.4) is 0 Å². The van der Waals surface area contributed by atoms with E-state index in [0.29, 0.717) is 12.2 Å². The molecule has 0 saturated carbocycles. The van der Waals surface area contributed by atoms with E-state index >= 15 is 0 Å². The van der Waals surface area contributed by atoms with Gasteiger partial charge in [-0.05, 0) is 54.9 Å². The van der Waals surface area contributed by atoms with Crippen molar-refractivity contribution in [2.75, 3.05) is 18.9 Å². The number of amides is 3. The third-order valence-corrected chi connectivity index (χ3v) is 4.06. The van der Waals surface area contributed by atoms with Gasteiger partial charge >= 0.3 is 6.03 Å². The van der Waals surface area contributed by atoms with Crippen LogP contribution in [-0.4, -0.2) is 30.4 Å². The van der Waals surface area contributed by atoms with Gasteiger partial charge < -0.3 is 5.32 Å². The highest BCUT2D eigenvalue weighted by atomic mass is 32.1. The number of aryl methyl sites for hydroxylation is 2. The van der Waals surface area contributed by atoms with E-state index in [1.165, 1.54) is 0 Å². The predicted molar refractivity (Wildman–Crippen MR) is 93.7 cm³/mol. The predicted octanol–water partition coefficient (Wildman–Crippen LogP) is 3.15. The lowest BCUT2D eigenvalue weighted by Gasteiger charge is -2.15. The van der Waals surface area contributed by atoms with Crippen LogP contribution >= 0.6 is 11.3 Å². The van der Waals surface area contributed by atoms with Gasteiger partial charge in [0.25, 0.3) is 0 Å². The molecule has 0 spiro atoms. The summed E-state index contributed by atoms with van der Waals surface area (Å²) in [5.74, 6) is -0.329. The molecule has 0 atom stereocenters. The molecule has 23 heavy (non-hydrogen) atoms. The topological polar surface area (TPSA) is 61.4 Å². The van der Waals surface area contributed by atoms with E-state index in [2.05, 4.69) is 10.6 Å². The van der Waals surface area contributed by atoms with Gasteiger partial charge in [0.1, 0.15) is 0 Å². The largest absolute Gasteiger partial charge is 0.325 e. The van der Waals surface area contributed by atoms with Gasteiger partial charge in [-0.3, -0.25) is 15.0 Å². The van der Waals surface area contributed by atoms with Crippen LogP contribution in [0, 0.1) is 13.8 Å². The van der Waals surface area contributed by atoms with Gasteiger partial charge in [0.15, 0.2) is 0 Å². The molecule has 0 aliphatic carbocycles. The molecular weight excluding hydrogens is 310 g/mol. The number of benzene rings is 1. The van der Waals surface area contributed by atoms with Crippen LogP contribution < -0.4 is 10.6 Å². The van der Waals surface area contributed by atoms with Crippen molar-refractivity contribution in [3.8, 4) is 0 Å². The van der Waals surface area contributed by atoms with E-state index in [4.69, 9.17) is 0 Å². The number of carbonyl (C=O) groups excluding carboxylic acids is 2. The standard InChI is InChI=1S/C17H21N3O2S/c1-12-4-5-15(13(2)8-12)18-17(22)19-16(21)10-20(3)9-14-6-7-23-11-14/h4-8,11H,9-10H2,1-3H3,(H2,18,19,21,22). The Bertz CT molecular complexity index is 683. The van der Waals surface area contributed by atoms with Crippen LogP contribution in [-0.2, 0) is 11.3 Å². The average Bonchev–Trinajstić information content (AvgIpc) is 2.94. The first kappa shape index (κ1) is 17.2. The molecule has 0 saturated heterocycles. The monoisotopic (exact) mass is 331 g/mol. The molecule has 5 nitrogen and oxygen atoms in total. The van der Waals surface area contributed by atoms with E-state index in [1.807, 2.05) is 60.8 Å². The van der Waals surface area contributed by atoms with Crippen LogP contribution in [0.2, 0.25) is 0 Å². The van der Waals surface area contributed by atoms with Crippen molar-refractivity contribution >= 4 is 29.0 Å². The molecule has 2 N–H and O–H groups in total. The average molecular weight is 331 g/mol. The Morgan fingerprint density at radius 1 is 1.22 bits per heavy atom. The smallest absolute Gasteiger partial charge is 0.307 e. The number of urea groups is 1. The highest BCUT2D eigenvalue weighted by Crippen LogP contribution is 2.15. The van der Waals surface area contributed by atoms with E-state index in [9.17, 15) is 9.59 Å². The Labute approximate surface area is 140 Å². The number of anilines is 1. The van der Waals surface area contributed by atoms with Gasteiger partial charge in [0.05, 0.1) is 6.54 Å². The van der Waals surface area contributed by atoms with Gasteiger partial charge in [-0.25, -0.2) is 4.79 Å². The number of hydrogen-bond acceptors (Lipinski definition) is 4. The normalized spacial score (nSPS) is 10.6. The lowest BCUT2D eigenvalue weighted by molar-refractivity contribution is -0.120. The third kappa shape index (κ3) is 5.50. The second-order valence-electron chi connectivity index (χ2n) is 5.62. The Balaban J connectivity index is 1.81. The number of hydrogen-bond donors (Lipinski definition) is 2. The molecule has 0 unspecified atom stereocenters. The zero-order valence-corrected chi connectivity index (χ0v) is 14.4. The van der Waals surface area contributed by atoms with Crippen LogP contribution in [0.15, 0.2) is 35.0 Å². The van der Waals surface area contributed by atoms with Crippen LogP contribution in [0.5, 0.6) is 0 Å². The zero-order valence-electron chi connectivity index (χ0n) is 13.6. The molecular formula is C17H21N3O2S. The number of imide groups is 1. The molecule has 3 amide bonds. The molecule has 0 bridgehead atoms. The molecule has 1 heterocycles. The second-order valence-corrected chi connectivity index (χ2v) is 6.40. The maximum absolute atomic E-state index is 11.9. The zero-order chi connectivity index (χ0) is 16.8. The number of thiophene rings is 1. The molecule has 0 fully saturated rings. The number of nitrogens with one attached hydrogen (secondary N) is 2. The second kappa shape index (κ2) is 7.89. The molecule has 122 valence electrons. The van der Waals surface area contributed by atoms with E-state index < -0.39 is 6.03 Å². The van der Waals surface area contributed by atoms with Gasteiger partial charge in [-0.15, -0.1) is 0 Å². The highest BCUT2D eigenvalue weighted by molar-refractivity contribution is 7.07. The number of nitrogens with zero attached hydrogens (tertiary/aromatic N) is 1. The molecule has 2 aromatic rings. The summed E-state index contributed by atoms with van der Waals surface area (Å²) in [6.07, 6.45) is 0. The van der Waals surface area contributed by atoms with Crippen LogP contribution in [0.1, 0.15) is 16.7 Å². The van der Waals surface area contributed by atoms with Crippen LogP contribution in [0.25, 0.3) is 0 Å². The van der Waals surface area contributed by atoms with E-state index in [1.54, 1.807) is 11.3 Å². The lowest BCUT2D eigenvalue weighted by atomic mass is 10.1. The molecule has 0 aliphatic rings. The number of likely N-dealkylation sites (N-methyl/N-ethyl adjacent to an activating group) is 1. The minimum absolute atomic E-state index is 0.163. The van der Waals surface area contributed by atoms with Crippen molar-refractivity contribution in [3.63, 3.8) is 0 Å². The maximum Gasteiger partial charge on any atom is 0.325 e. The Hall–Kier alpha value is -2.18. The van der Waals surface area contributed by atoms with Crippen molar-refractivity contribution in [2.24, 2.45) is 0 Å². The summed E-state index contributed by atoms with van der Waals surface area (Å²) in [5.41, 5.74) is 3.94. The summed E-state index contributed by atoms with van der Waals surface area (Å²) in [4.78, 5) is 25.7. The molecule has 0 aliphatic heterocycles. The lowest BCUT2D eigenvalue weighted by Crippen LogP contribution is -2.40. The molecule has 1 aromatic heterocycles. The maximum atomic E-state index is 11.9. The molecule has 6 heteroatoms. The summed E-state index contributed by atoms with van der Waals surface area (Å²) in [6.45, 7) is 4.74. The van der Waals surface area contributed by atoms with Crippen LogP contribution in [0.4, 0.5) is 10.5 Å². The minimum Gasteiger partial charge on any atom is -0.307 e. The third-order valence-electron chi connectivity index (χ3n) is 3.33. The summed E-state index contributed by atoms with van der Waals surface area (Å²) in [7, 11) is 1.85. The first-order valence-corrected chi connectivity index (χ1v) is 8.26. The fourth-order valence-corrected chi connectivity index (χ4v) is 2.93. The molecule has 2 rings (SSSR count). The van der Waals surface area contributed by atoms with Gasteiger partial charge in [-0.1, -0.05) is 17.7 Å². The SMILES string of the molecule is Cc1ccc(NC(=O)NC(=O)CN(C)Cc2ccsc2)c(C)c1. The van der Waals surface area contributed by atoms with Gasteiger partial charge in [-0.2, -0.15) is 11.3 Å². The summed E-state index contributed by atoms with van der Waals surface area (Å²) < 4.78 is 0. The Morgan fingerprint density at radius 2 is 2.00 bits per heavy atom. The van der Waals surface area contributed by atoms with Gasteiger partial charge in [0, 0.05) is 12.2 Å². The van der Waals surface area contributed by atoms with Gasteiger partial charge in [0.2, 0.25) is 5.91 Å². The summed E-state index contributed by atoms with van der Waals surface area (Å²) in [6, 6.07) is 7.24. The number of carbonyl (C=O) groups is 2. The van der Waals surface area contributed by atoms with E-state index in [-0.39, 0.29) is 12.5 Å². The summed E-state index contributed by atoms with van der Waals surface area (Å²) >= 11 is 1.62. The quantitative estimate of drug-likeness (QED) is 0.885. The van der Waals surface area contributed by atoms with Crippen molar-refractivity contribution < 1.29 is 9.59 Å². The van der Waals surface area contributed by atoms with Crippen molar-refractivity contribution in [2.45, 2.75) is 20.4 Å². The highest BCUT2D eigenvalue weighted by Gasteiger charge is 2.12. The Kier molecular flexibility index (Phi) is 5.90. The minimum atomic E-state index is -0.508. The molecule has 0 radical (unpaired) electrons. The number of rotatable bonds is 5. The Morgan fingerprint density at radius 3 is 2.65 bits per heavy atom. The fraction of sp³-hybridized carbons (Fsp3) is 0.294. The van der Waals surface area contributed by atoms with Crippen molar-refractivity contribution in [3.05, 3.63) is 51.7 Å². The first-order valence-electron chi connectivity index (χ1n) is 7.32. The summed E-state index contributed by atoms with van der Waals surface area (Å²) in [5, 5.41) is 9.10. The van der Waals surface area contributed by atoms with Crippen molar-refractivity contribution in [1.29, 1.82) is 0 Å². The first-order chi connectivity index (χ1) is 10.9.